The molecule has 1 fully saturated rings. The highest BCUT2D eigenvalue weighted by atomic mass is 16.5. The highest BCUT2D eigenvalue weighted by Crippen LogP contribution is 2.20. The van der Waals surface area contributed by atoms with Crippen LogP contribution in [0.15, 0.2) is 42.5 Å². The molecule has 2 aromatic rings. The molecule has 0 N–H and O–H groups in total. The van der Waals surface area contributed by atoms with Crippen molar-refractivity contribution in [3.63, 3.8) is 0 Å². The molecule has 0 unspecified atom stereocenters. The average molecular weight is 395 g/mol. The molecule has 2 aromatic carbocycles. The third-order valence-electron chi connectivity index (χ3n) is 5.64. The lowest BCUT2D eigenvalue weighted by Crippen LogP contribution is -2.51. The van der Waals surface area contributed by atoms with E-state index in [1.54, 1.807) is 4.90 Å². The van der Waals surface area contributed by atoms with Crippen LogP contribution in [0.3, 0.4) is 0 Å². The van der Waals surface area contributed by atoms with Gasteiger partial charge in [-0.1, -0.05) is 42.0 Å². The summed E-state index contributed by atoms with van der Waals surface area (Å²) in [6.45, 7) is 8.41. The molecule has 0 atom stereocenters. The Morgan fingerprint density at radius 2 is 1.48 bits per heavy atom. The van der Waals surface area contributed by atoms with E-state index in [2.05, 4.69) is 31.2 Å². The second-order valence-electron chi connectivity index (χ2n) is 7.73. The average Bonchev–Trinajstić information content (AvgIpc) is 2.74. The van der Waals surface area contributed by atoms with Crippen LogP contribution in [0.25, 0.3) is 0 Å². The molecule has 29 heavy (non-hydrogen) atoms. The van der Waals surface area contributed by atoms with Crippen molar-refractivity contribution in [3.8, 4) is 5.75 Å². The van der Waals surface area contributed by atoms with Gasteiger partial charge in [0.05, 0.1) is 0 Å². The second-order valence-corrected chi connectivity index (χ2v) is 7.73. The van der Waals surface area contributed by atoms with Gasteiger partial charge in [-0.3, -0.25) is 9.59 Å². The first-order valence-electron chi connectivity index (χ1n) is 10.2. The summed E-state index contributed by atoms with van der Waals surface area (Å²) < 4.78 is 5.73. The molecule has 1 aliphatic rings. The van der Waals surface area contributed by atoms with Gasteiger partial charge in [0, 0.05) is 32.6 Å². The third-order valence-corrected chi connectivity index (χ3v) is 5.64. The van der Waals surface area contributed by atoms with Crippen LogP contribution >= 0.6 is 0 Å². The quantitative estimate of drug-likeness (QED) is 0.755. The van der Waals surface area contributed by atoms with Crippen molar-refractivity contribution < 1.29 is 14.3 Å². The minimum atomic E-state index is -0.0299. The van der Waals surface area contributed by atoms with E-state index in [0.29, 0.717) is 32.6 Å². The van der Waals surface area contributed by atoms with Crippen LogP contribution in [0.5, 0.6) is 5.75 Å². The number of rotatable bonds is 6. The van der Waals surface area contributed by atoms with Crippen molar-refractivity contribution in [2.75, 3.05) is 32.8 Å². The zero-order valence-electron chi connectivity index (χ0n) is 17.6. The van der Waals surface area contributed by atoms with Crippen molar-refractivity contribution in [1.82, 2.24) is 9.80 Å². The summed E-state index contributed by atoms with van der Waals surface area (Å²) in [5, 5.41) is 0. The number of amides is 2. The van der Waals surface area contributed by atoms with Crippen LogP contribution in [0.4, 0.5) is 0 Å². The second kappa shape index (κ2) is 9.59. The Kier molecular flexibility index (Phi) is 6.91. The van der Waals surface area contributed by atoms with E-state index >= 15 is 0 Å². The molecule has 2 amide bonds. The Bertz CT molecular complexity index is 853. The van der Waals surface area contributed by atoms with E-state index in [9.17, 15) is 9.59 Å². The molecule has 1 saturated heterocycles. The lowest BCUT2D eigenvalue weighted by Gasteiger charge is -2.34. The van der Waals surface area contributed by atoms with Gasteiger partial charge in [-0.25, -0.2) is 0 Å². The van der Waals surface area contributed by atoms with E-state index in [4.69, 9.17) is 4.74 Å². The number of benzene rings is 2. The Hall–Kier alpha value is -2.82. The van der Waals surface area contributed by atoms with Gasteiger partial charge < -0.3 is 14.5 Å². The molecule has 0 saturated carbocycles. The van der Waals surface area contributed by atoms with Gasteiger partial charge in [-0.05, 0) is 49.9 Å². The lowest BCUT2D eigenvalue weighted by molar-refractivity contribution is -0.140. The maximum atomic E-state index is 12.5. The molecule has 0 aromatic heterocycles. The summed E-state index contributed by atoms with van der Waals surface area (Å²) in [6, 6.07) is 14.2. The largest absolute Gasteiger partial charge is 0.483 e. The highest BCUT2D eigenvalue weighted by Gasteiger charge is 2.24. The molecule has 3 rings (SSSR count). The summed E-state index contributed by atoms with van der Waals surface area (Å²) in [7, 11) is 0. The predicted molar refractivity (Wildman–Crippen MR) is 114 cm³/mol. The first-order chi connectivity index (χ1) is 13.9. The normalized spacial score (nSPS) is 14.0. The number of piperazine rings is 1. The van der Waals surface area contributed by atoms with Crippen LogP contribution < -0.4 is 4.74 Å². The Labute approximate surface area is 173 Å². The van der Waals surface area contributed by atoms with E-state index in [1.807, 2.05) is 36.9 Å². The zero-order valence-corrected chi connectivity index (χ0v) is 17.6. The van der Waals surface area contributed by atoms with Crippen LogP contribution in [-0.2, 0) is 16.0 Å². The van der Waals surface area contributed by atoms with Crippen LogP contribution in [0.1, 0.15) is 28.7 Å². The van der Waals surface area contributed by atoms with Crippen molar-refractivity contribution in [2.24, 2.45) is 0 Å². The van der Waals surface area contributed by atoms with Crippen LogP contribution in [-0.4, -0.2) is 54.4 Å². The first kappa shape index (κ1) is 20.9. The van der Waals surface area contributed by atoms with E-state index in [0.717, 1.165) is 23.3 Å². The fourth-order valence-corrected chi connectivity index (χ4v) is 3.48. The zero-order chi connectivity index (χ0) is 20.8. The number of carbonyl (C=O) groups is 2. The standard InChI is InChI=1S/C24H30N2O3/c1-18-7-9-21(10-8-18)11-12-23(27)25-13-15-26(16-14-25)24(28)17-29-22-6-4-5-19(2)20(22)3/h4-10H,11-17H2,1-3H3. The van der Waals surface area contributed by atoms with Crippen molar-refractivity contribution in [1.29, 1.82) is 0 Å². The molecule has 0 spiro atoms. The number of hydrogen-bond donors (Lipinski definition) is 0. The van der Waals surface area contributed by atoms with Gasteiger partial charge in [0.15, 0.2) is 6.61 Å². The smallest absolute Gasteiger partial charge is 0.260 e. The summed E-state index contributed by atoms with van der Waals surface area (Å²) in [5.41, 5.74) is 4.61. The molecule has 5 heteroatoms. The summed E-state index contributed by atoms with van der Waals surface area (Å²) in [4.78, 5) is 28.6. The Balaban J connectivity index is 1.42. The third kappa shape index (κ3) is 5.59. The Morgan fingerprint density at radius 3 is 2.14 bits per heavy atom. The Morgan fingerprint density at radius 1 is 0.862 bits per heavy atom. The van der Waals surface area contributed by atoms with Crippen molar-refractivity contribution >= 4 is 11.8 Å². The molecule has 0 radical (unpaired) electrons. The molecule has 1 aliphatic heterocycles. The fourth-order valence-electron chi connectivity index (χ4n) is 3.48. The van der Waals surface area contributed by atoms with Crippen molar-refractivity contribution in [2.45, 2.75) is 33.6 Å². The van der Waals surface area contributed by atoms with Gasteiger partial charge >= 0.3 is 0 Å². The monoisotopic (exact) mass is 394 g/mol. The fraction of sp³-hybridized carbons (Fsp3) is 0.417. The molecule has 1 heterocycles. The summed E-state index contributed by atoms with van der Waals surface area (Å²) in [6.07, 6.45) is 1.26. The number of nitrogens with zero attached hydrogens (tertiary/aromatic N) is 2. The maximum absolute atomic E-state index is 12.5. The number of aryl methyl sites for hydroxylation is 3. The molecule has 0 aliphatic carbocycles. The van der Waals surface area contributed by atoms with Gasteiger partial charge in [-0.2, -0.15) is 0 Å². The van der Waals surface area contributed by atoms with E-state index < -0.39 is 0 Å². The van der Waals surface area contributed by atoms with Crippen molar-refractivity contribution in [3.05, 3.63) is 64.7 Å². The van der Waals surface area contributed by atoms with Gasteiger partial charge in [0.25, 0.3) is 5.91 Å². The topological polar surface area (TPSA) is 49.9 Å². The lowest BCUT2D eigenvalue weighted by atomic mass is 10.1. The summed E-state index contributed by atoms with van der Waals surface area (Å²) >= 11 is 0. The van der Waals surface area contributed by atoms with Crippen LogP contribution in [0, 0.1) is 20.8 Å². The summed E-state index contributed by atoms with van der Waals surface area (Å²) in [5.74, 6) is 0.880. The first-order valence-corrected chi connectivity index (χ1v) is 10.2. The van der Waals surface area contributed by atoms with Gasteiger partial charge in [0.1, 0.15) is 5.75 Å². The maximum Gasteiger partial charge on any atom is 0.260 e. The minimum absolute atomic E-state index is 0.0299. The van der Waals surface area contributed by atoms with Gasteiger partial charge in [0.2, 0.25) is 5.91 Å². The number of ether oxygens (including phenoxy) is 1. The van der Waals surface area contributed by atoms with Gasteiger partial charge in [-0.15, -0.1) is 0 Å². The van der Waals surface area contributed by atoms with E-state index in [-0.39, 0.29) is 18.4 Å². The molecule has 154 valence electrons. The molecule has 0 bridgehead atoms. The highest BCUT2D eigenvalue weighted by molar-refractivity contribution is 5.79. The SMILES string of the molecule is Cc1ccc(CCC(=O)N2CCN(C(=O)COc3cccc(C)c3C)CC2)cc1. The molecule has 5 nitrogen and oxygen atoms in total. The number of hydrogen-bond acceptors (Lipinski definition) is 3. The molecular formula is C24H30N2O3. The molecular weight excluding hydrogens is 364 g/mol. The van der Waals surface area contributed by atoms with Crippen LogP contribution in [0.2, 0.25) is 0 Å². The van der Waals surface area contributed by atoms with E-state index in [1.165, 1.54) is 11.1 Å². The predicted octanol–water partition coefficient (Wildman–Crippen LogP) is 3.29. The minimum Gasteiger partial charge on any atom is -0.483 e. The number of carbonyl (C=O) groups excluding carboxylic acids is 2.